The summed E-state index contributed by atoms with van der Waals surface area (Å²) in [6, 6.07) is 0. The van der Waals surface area contributed by atoms with Gasteiger partial charge in [-0.15, -0.1) is 0 Å². The molecule has 2 rings (SSSR count). The lowest BCUT2D eigenvalue weighted by Gasteiger charge is -2.46. The summed E-state index contributed by atoms with van der Waals surface area (Å²) < 4.78 is 5.43. The van der Waals surface area contributed by atoms with E-state index >= 15 is 0 Å². The molecular weight excluding hydrogens is 256 g/mol. The lowest BCUT2D eigenvalue weighted by molar-refractivity contribution is -0.148. The summed E-state index contributed by atoms with van der Waals surface area (Å²) in [5, 5.41) is 2.97. The van der Waals surface area contributed by atoms with E-state index in [1.165, 1.54) is 0 Å². The Bertz CT molecular complexity index is 385. The number of nitrogens with one attached hydrogen (secondary N) is 1. The lowest BCUT2D eigenvalue weighted by Crippen LogP contribution is -2.62. The molecule has 0 aromatic rings. The Labute approximate surface area is 121 Å². The van der Waals surface area contributed by atoms with Gasteiger partial charge in [-0.25, -0.2) is 0 Å². The monoisotopic (exact) mass is 282 g/mol. The Kier molecular flexibility index (Phi) is 4.37. The number of nitrogens with zero attached hydrogens (tertiary/aromatic N) is 1. The number of hydrogen-bond donors (Lipinski definition) is 1. The fraction of sp³-hybridized carbons (Fsp3) is 0.867. The van der Waals surface area contributed by atoms with Crippen molar-refractivity contribution in [3.8, 4) is 0 Å². The van der Waals surface area contributed by atoms with Crippen LogP contribution in [0, 0.1) is 0 Å². The Morgan fingerprint density at radius 3 is 2.35 bits per heavy atom. The van der Waals surface area contributed by atoms with E-state index in [9.17, 15) is 9.59 Å². The van der Waals surface area contributed by atoms with Crippen molar-refractivity contribution in [3.05, 3.63) is 0 Å². The van der Waals surface area contributed by atoms with Gasteiger partial charge in [0.05, 0.1) is 0 Å². The number of carbonyl (C=O) groups is 2. The van der Waals surface area contributed by atoms with E-state index in [1.807, 2.05) is 18.7 Å². The average Bonchev–Trinajstić information content (AvgIpc) is 2.57. The molecule has 0 saturated carbocycles. The first-order chi connectivity index (χ1) is 9.47. The van der Waals surface area contributed by atoms with E-state index in [-0.39, 0.29) is 17.4 Å². The highest BCUT2D eigenvalue weighted by Gasteiger charge is 2.47. The van der Waals surface area contributed by atoms with Gasteiger partial charge in [0.15, 0.2) is 0 Å². The number of ether oxygens (including phenoxy) is 1. The minimum absolute atomic E-state index is 0.0137. The molecule has 2 heterocycles. The summed E-state index contributed by atoms with van der Waals surface area (Å²) in [5.41, 5.74) is -0.911. The first-order valence-corrected chi connectivity index (χ1v) is 7.68. The Balaban J connectivity index is 2.32. The Morgan fingerprint density at radius 2 is 1.80 bits per heavy atom. The summed E-state index contributed by atoms with van der Waals surface area (Å²) in [6.07, 6.45) is 3.35. The maximum absolute atomic E-state index is 13.0. The molecule has 20 heavy (non-hydrogen) atoms. The van der Waals surface area contributed by atoms with Gasteiger partial charge in [-0.05, 0) is 32.6 Å². The molecule has 0 bridgehead atoms. The molecule has 2 aliphatic rings. The zero-order valence-corrected chi connectivity index (χ0v) is 12.8. The van der Waals surface area contributed by atoms with E-state index in [4.69, 9.17) is 4.74 Å². The van der Waals surface area contributed by atoms with Crippen molar-refractivity contribution in [1.82, 2.24) is 10.2 Å². The average molecular weight is 282 g/mol. The second kappa shape index (κ2) is 5.72. The SMILES string of the molecule is CCC1(CC)NC(=O)CCN(C2(C)CCOCC2)C1=O. The highest BCUT2D eigenvalue weighted by Crippen LogP contribution is 2.33. The summed E-state index contributed by atoms with van der Waals surface area (Å²) >= 11 is 0. The van der Waals surface area contributed by atoms with Gasteiger partial charge in [0.2, 0.25) is 11.8 Å². The molecule has 2 saturated heterocycles. The van der Waals surface area contributed by atoms with Gasteiger partial charge in [-0.3, -0.25) is 9.59 Å². The summed E-state index contributed by atoms with van der Waals surface area (Å²) in [4.78, 5) is 27.0. The molecule has 1 N–H and O–H groups in total. The minimum atomic E-state index is -0.727. The fourth-order valence-corrected chi connectivity index (χ4v) is 3.28. The molecule has 114 valence electrons. The molecule has 0 aliphatic carbocycles. The van der Waals surface area contributed by atoms with Gasteiger partial charge < -0.3 is 15.0 Å². The normalized spacial score (nSPS) is 26.1. The molecule has 5 heteroatoms. The number of hydrogen-bond acceptors (Lipinski definition) is 3. The Morgan fingerprint density at radius 1 is 1.20 bits per heavy atom. The topological polar surface area (TPSA) is 58.6 Å². The minimum Gasteiger partial charge on any atom is -0.381 e. The highest BCUT2D eigenvalue weighted by molar-refractivity contribution is 5.94. The molecule has 0 unspecified atom stereocenters. The van der Waals surface area contributed by atoms with Crippen LogP contribution in [0.4, 0.5) is 0 Å². The highest BCUT2D eigenvalue weighted by atomic mass is 16.5. The van der Waals surface area contributed by atoms with Crippen molar-refractivity contribution in [2.75, 3.05) is 19.8 Å². The van der Waals surface area contributed by atoms with Crippen molar-refractivity contribution >= 4 is 11.8 Å². The third-order valence-corrected chi connectivity index (χ3v) is 5.02. The molecule has 0 aromatic heterocycles. The second-order valence-electron chi connectivity index (χ2n) is 6.15. The smallest absolute Gasteiger partial charge is 0.248 e. The van der Waals surface area contributed by atoms with Gasteiger partial charge in [0, 0.05) is 31.7 Å². The molecule has 0 radical (unpaired) electrons. The van der Waals surface area contributed by atoms with Crippen LogP contribution in [0.15, 0.2) is 0 Å². The summed E-state index contributed by atoms with van der Waals surface area (Å²) in [6.45, 7) is 7.96. The molecule has 2 amide bonds. The van der Waals surface area contributed by atoms with E-state index in [1.54, 1.807) is 0 Å². The fourth-order valence-electron chi connectivity index (χ4n) is 3.28. The quantitative estimate of drug-likeness (QED) is 0.852. The van der Waals surface area contributed by atoms with Crippen LogP contribution in [0.5, 0.6) is 0 Å². The number of carbonyl (C=O) groups excluding carboxylic acids is 2. The first-order valence-electron chi connectivity index (χ1n) is 7.68. The second-order valence-corrected chi connectivity index (χ2v) is 6.15. The van der Waals surface area contributed by atoms with Crippen LogP contribution in [0.2, 0.25) is 0 Å². The van der Waals surface area contributed by atoms with Gasteiger partial charge in [-0.1, -0.05) is 13.8 Å². The van der Waals surface area contributed by atoms with Gasteiger partial charge in [0.1, 0.15) is 5.54 Å². The third kappa shape index (κ3) is 2.55. The maximum atomic E-state index is 13.0. The van der Waals surface area contributed by atoms with Crippen LogP contribution in [0.1, 0.15) is 52.9 Å². The molecule has 2 fully saturated rings. The van der Waals surface area contributed by atoms with Gasteiger partial charge in [0.25, 0.3) is 0 Å². The zero-order chi connectivity index (χ0) is 14.8. The van der Waals surface area contributed by atoms with Crippen molar-refractivity contribution in [3.63, 3.8) is 0 Å². The van der Waals surface area contributed by atoms with E-state index < -0.39 is 5.54 Å². The molecule has 0 aromatic carbocycles. The van der Waals surface area contributed by atoms with Crippen molar-refractivity contribution in [2.45, 2.75) is 64.0 Å². The lowest BCUT2D eigenvalue weighted by atomic mass is 9.85. The van der Waals surface area contributed by atoms with E-state index in [0.29, 0.717) is 39.0 Å². The molecular formula is C15H26N2O3. The van der Waals surface area contributed by atoms with Crippen molar-refractivity contribution in [2.24, 2.45) is 0 Å². The van der Waals surface area contributed by atoms with Crippen LogP contribution >= 0.6 is 0 Å². The maximum Gasteiger partial charge on any atom is 0.248 e. The van der Waals surface area contributed by atoms with Gasteiger partial charge >= 0.3 is 0 Å². The molecule has 0 atom stereocenters. The number of rotatable bonds is 3. The summed E-state index contributed by atoms with van der Waals surface area (Å²) in [7, 11) is 0. The standard InChI is InChI=1S/C15H26N2O3/c1-4-15(5-2)13(19)17(9-6-12(18)16-15)14(3)7-10-20-11-8-14/h4-11H2,1-3H3,(H,16,18). The van der Waals surface area contributed by atoms with Crippen molar-refractivity contribution < 1.29 is 14.3 Å². The Hall–Kier alpha value is -1.10. The van der Waals surface area contributed by atoms with Crippen LogP contribution in [-0.2, 0) is 14.3 Å². The molecule has 5 nitrogen and oxygen atoms in total. The molecule has 2 aliphatic heterocycles. The van der Waals surface area contributed by atoms with Gasteiger partial charge in [-0.2, -0.15) is 0 Å². The summed E-state index contributed by atoms with van der Waals surface area (Å²) in [5.74, 6) is 0.0676. The van der Waals surface area contributed by atoms with Crippen LogP contribution in [-0.4, -0.2) is 47.6 Å². The van der Waals surface area contributed by atoms with Crippen LogP contribution in [0.25, 0.3) is 0 Å². The molecule has 0 spiro atoms. The van der Waals surface area contributed by atoms with Crippen molar-refractivity contribution in [1.29, 1.82) is 0 Å². The first kappa shape index (κ1) is 15.3. The predicted molar refractivity (Wildman–Crippen MR) is 76.2 cm³/mol. The largest absolute Gasteiger partial charge is 0.381 e. The van der Waals surface area contributed by atoms with Crippen LogP contribution < -0.4 is 5.32 Å². The van der Waals surface area contributed by atoms with E-state index in [2.05, 4.69) is 12.2 Å². The number of amides is 2. The van der Waals surface area contributed by atoms with Crippen LogP contribution in [0.3, 0.4) is 0 Å². The predicted octanol–water partition coefficient (Wildman–Crippen LogP) is 1.46. The third-order valence-electron chi connectivity index (χ3n) is 5.02. The van der Waals surface area contributed by atoms with E-state index in [0.717, 1.165) is 12.8 Å². The zero-order valence-electron chi connectivity index (χ0n) is 12.8.